The number of alkyl halides is 1. The summed E-state index contributed by atoms with van der Waals surface area (Å²) in [5.74, 6) is -0.322. The molecule has 0 radical (unpaired) electrons. The Hall–Kier alpha value is -1.61. The van der Waals surface area contributed by atoms with E-state index in [1.54, 1.807) is 24.3 Å². The van der Waals surface area contributed by atoms with E-state index in [2.05, 4.69) is 0 Å². The minimum Gasteiger partial charge on any atom is -0.491 e. The summed E-state index contributed by atoms with van der Waals surface area (Å²) in [5, 5.41) is -0.768. The molecular weight excluding hydrogens is 294 g/mol. The van der Waals surface area contributed by atoms with Crippen molar-refractivity contribution in [3.63, 3.8) is 0 Å². The van der Waals surface area contributed by atoms with Crippen LogP contribution in [0.15, 0.2) is 36.4 Å². The van der Waals surface area contributed by atoms with Gasteiger partial charge in [-0.15, -0.1) is 11.6 Å². The Kier molecular flexibility index (Phi) is 4.84. The third-order valence-corrected chi connectivity index (χ3v) is 3.56. The molecule has 0 aliphatic carbocycles. The first-order valence-electron chi connectivity index (χ1n) is 6.74. The lowest BCUT2D eigenvalue weighted by Gasteiger charge is -2.15. The molecule has 0 aromatic heterocycles. The Labute approximate surface area is 128 Å². The van der Waals surface area contributed by atoms with Crippen molar-refractivity contribution < 1.29 is 13.5 Å². The first-order chi connectivity index (χ1) is 9.88. The summed E-state index contributed by atoms with van der Waals surface area (Å²) in [7, 11) is 0. The summed E-state index contributed by atoms with van der Waals surface area (Å²) >= 11 is 6.31. The van der Waals surface area contributed by atoms with Gasteiger partial charge in [0.1, 0.15) is 17.4 Å². The summed E-state index contributed by atoms with van der Waals surface area (Å²) in [4.78, 5) is 0. The third kappa shape index (κ3) is 3.73. The average Bonchev–Trinajstić information content (AvgIpc) is 2.41. The zero-order chi connectivity index (χ0) is 15.6. The van der Waals surface area contributed by atoms with E-state index >= 15 is 0 Å². The quantitative estimate of drug-likeness (QED) is 0.688. The molecule has 0 saturated carbocycles. The smallest absolute Gasteiger partial charge is 0.128 e. The molecule has 0 N–H and O–H groups in total. The molecule has 1 nitrogen and oxygen atoms in total. The molecule has 1 unspecified atom stereocenters. The van der Waals surface area contributed by atoms with Gasteiger partial charge in [0.15, 0.2) is 0 Å². The molecule has 0 saturated heterocycles. The van der Waals surface area contributed by atoms with Gasteiger partial charge >= 0.3 is 0 Å². The highest BCUT2D eigenvalue weighted by Gasteiger charge is 2.18. The molecule has 21 heavy (non-hydrogen) atoms. The Balaban J connectivity index is 2.36. The Morgan fingerprint density at radius 1 is 1.05 bits per heavy atom. The molecule has 0 bridgehead atoms. The van der Waals surface area contributed by atoms with Gasteiger partial charge in [0.2, 0.25) is 0 Å². The van der Waals surface area contributed by atoms with E-state index in [0.29, 0.717) is 11.3 Å². The highest BCUT2D eigenvalue weighted by atomic mass is 35.5. The van der Waals surface area contributed by atoms with Crippen LogP contribution in [0.5, 0.6) is 5.75 Å². The van der Waals surface area contributed by atoms with E-state index in [9.17, 15) is 8.78 Å². The number of benzene rings is 2. The number of aryl methyl sites for hydroxylation is 1. The maximum Gasteiger partial charge on any atom is 0.128 e. The summed E-state index contributed by atoms with van der Waals surface area (Å²) in [6.07, 6.45) is 0.0302. The van der Waals surface area contributed by atoms with Gasteiger partial charge in [-0.2, -0.15) is 0 Å². The van der Waals surface area contributed by atoms with E-state index < -0.39 is 17.0 Å². The molecule has 2 aromatic carbocycles. The lowest BCUT2D eigenvalue weighted by atomic mass is 10.0. The largest absolute Gasteiger partial charge is 0.491 e. The molecule has 112 valence electrons. The molecule has 1 atom stereocenters. The van der Waals surface area contributed by atoms with Gasteiger partial charge in [-0.3, -0.25) is 0 Å². The van der Waals surface area contributed by atoms with Crippen molar-refractivity contribution in [1.82, 2.24) is 0 Å². The molecule has 0 aliphatic heterocycles. The molecule has 0 fully saturated rings. The van der Waals surface area contributed by atoms with E-state index in [1.165, 1.54) is 6.92 Å². The van der Waals surface area contributed by atoms with Crippen LogP contribution in [-0.4, -0.2) is 6.10 Å². The predicted molar refractivity (Wildman–Crippen MR) is 81.0 cm³/mol. The molecule has 4 heteroatoms. The van der Waals surface area contributed by atoms with Gasteiger partial charge in [-0.1, -0.05) is 12.1 Å². The first-order valence-corrected chi connectivity index (χ1v) is 7.18. The lowest BCUT2D eigenvalue weighted by molar-refractivity contribution is 0.242. The van der Waals surface area contributed by atoms with Gasteiger partial charge < -0.3 is 4.74 Å². The van der Waals surface area contributed by atoms with Crippen molar-refractivity contribution in [1.29, 1.82) is 0 Å². The first kappa shape index (κ1) is 15.8. The second-order valence-electron chi connectivity index (χ2n) is 5.22. The van der Waals surface area contributed by atoms with Gasteiger partial charge in [0, 0.05) is 5.56 Å². The number of hydrogen-bond donors (Lipinski definition) is 0. The molecule has 0 amide bonds. The van der Waals surface area contributed by atoms with Crippen LogP contribution in [0, 0.1) is 18.6 Å². The van der Waals surface area contributed by atoms with Crippen LogP contribution in [0.2, 0.25) is 0 Å². The normalized spacial score (nSPS) is 12.5. The van der Waals surface area contributed by atoms with Crippen LogP contribution < -0.4 is 4.74 Å². The fourth-order valence-corrected chi connectivity index (χ4v) is 2.36. The second-order valence-corrected chi connectivity index (χ2v) is 5.66. The number of halogens is 3. The van der Waals surface area contributed by atoms with E-state index in [4.69, 9.17) is 16.3 Å². The fraction of sp³-hybridized carbons (Fsp3) is 0.294. The van der Waals surface area contributed by atoms with E-state index in [1.807, 2.05) is 13.8 Å². The SMILES string of the molecule is Cc1cc(F)c(C(Cl)c2cccc(OC(C)C)c2)cc1F. The molecule has 2 aromatic rings. The maximum absolute atomic E-state index is 14.0. The third-order valence-electron chi connectivity index (χ3n) is 3.07. The standard InChI is InChI=1S/C17H17ClF2O/c1-10(2)21-13-6-4-5-12(8-13)17(18)14-9-15(19)11(3)7-16(14)20/h4-10,17H,1-3H3. The van der Waals surface area contributed by atoms with E-state index in [-0.39, 0.29) is 17.2 Å². The van der Waals surface area contributed by atoms with Crippen LogP contribution in [0.4, 0.5) is 8.78 Å². The van der Waals surface area contributed by atoms with Crippen LogP contribution in [0.1, 0.15) is 35.9 Å². The summed E-state index contributed by atoms with van der Waals surface area (Å²) in [6, 6.07) is 9.41. The average molecular weight is 311 g/mol. The predicted octanol–water partition coefficient (Wildman–Crippen LogP) is 5.39. The van der Waals surface area contributed by atoms with Gasteiger partial charge in [-0.05, 0) is 56.2 Å². The second kappa shape index (κ2) is 6.44. The Morgan fingerprint density at radius 2 is 1.76 bits per heavy atom. The molecular formula is C17H17ClF2O. The minimum atomic E-state index is -0.768. The van der Waals surface area contributed by atoms with Crippen molar-refractivity contribution in [2.45, 2.75) is 32.3 Å². The van der Waals surface area contributed by atoms with E-state index in [0.717, 1.165) is 12.1 Å². The van der Waals surface area contributed by atoms with Crippen LogP contribution in [0.3, 0.4) is 0 Å². The number of ether oxygens (including phenoxy) is 1. The highest BCUT2D eigenvalue weighted by Crippen LogP contribution is 2.33. The lowest BCUT2D eigenvalue weighted by Crippen LogP contribution is -2.06. The molecule has 0 aliphatic rings. The van der Waals surface area contributed by atoms with Crippen molar-refractivity contribution in [3.05, 3.63) is 64.7 Å². The van der Waals surface area contributed by atoms with Crippen LogP contribution >= 0.6 is 11.6 Å². The molecule has 0 heterocycles. The Bertz CT molecular complexity index is 641. The van der Waals surface area contributed by atoms with Crippen molar-refractivity contribution in [2.75, 3.05) is 0 Å². The van der Waals surface area contributed by atoms with Gasteiger partial charge in [0.25, 0.3) is 0 Å². The van der Waals surface area contributed by atoms with Crippen molar-refractivity contribution in [3.8, 4) is 5.75 Å². The van der Waals surface area contributed by atoms with Gasteiger partial charge in [-0.25, -0.2) is 8.78 Å². The molecule has 2 rings (SSSR count). The van der Waals surface area contributed by atoms with Crippen molar-refractivity contribution in [2.24, 2.45) is 0 Å². The number of hydrogen-bond acceptors (Lipinski definition) is 1. The number of rotatable bonds is 4. The van der Waals surface area contributed by atoms with Gasteiger partial charge in [0.05, 0.1) is 11.5 Å². The maximum atomic E-state index is 14.0. The van der Waals surface area contributed by atoms with Crippen LogP contribution in [-0.2, 0) is 0 Å². The monoisotopic (exact) mass is 310 g/mol. The van der Waals surface area contributed by atoms with Crippen molar-refractivity contribution >= 4 is 11.6 Å². The Morgan fingerprint density at radius 3 is 2.43 bits per heavy atom. The summed E-state index contributed by atoms with van der Waals surface area (Å²) < 4.78 is 33.2. The molecule has 0 spiro atoms. The minimum absolute atomic E-state index is 0.0302. The zero-order valence-corrected chi connectivity index (χ0v) is 12.9. The summed E-state index contributed by atoms with van der Waals surface area (Å²) in [5.41, 5.74) is 1.05. The topological polar surface area (TPSA) is 9.23 Å². The summed E-state index contributed by atoms with van der Waals surface area (Å²) in [6.45, 7) is 5.35. The fourth-order valence-electron chi connectivity index (χ4n) is 2.05. The van der Waals surface area contributed by atoms with Crippen LogP contribution in [0.25, 0.3) is 0 Å². The zero-order valence-electron chi connectivity index (χ0n) is 12.2. The highest BCUT2D eigenvalue weighted by molar-refractivity contribution is 6.22.